The summed E-state index contributed by atoms with van der Waals surface area (Å²) in [5.41, 5.74) is 0.868. The first-order valence-electron chi connectivity index (χ1n) is 8.75. The van der Waals surface area contributed by atoms with Crippen molar-refractivity contribution >= 4 is 12.4 Å². The van der Waals surface area contributed by atoms with Crippen LogP contribution in [0.1, 0.15) is 43.2 Å². The molecule has 2 aromatic carbocycles. The predicted octanol–water partition coefficient (Wildman–Crippen LogP) is 3.31. The van der Waals surface area contributed by atoms with Crippen molar-refractivity contribution in [3.63, 3.8) is 0 Å². The van der Waals surface area contributed by atoms with Gasteiger partial charge in [0.05, 0.1) is 5.56 Å². The van der Waals surface area contributed by atoms with Crippen molar-refractivity contribution in [3.05, 3.63) is 47.5 Å². The number of phenolic OH excluding ortho intramolecular Hbond substituents is 4. The third-order valence-electron chi connectivity index (χ3n) is 4.64. The highest BCUT2D eigenvalue weighted by Crippen LogP contribution is 2.29. The molecule has 0 aliphatic heterocycles. The van der Waals surface area contributed by atoms with Crippen LogP contribution in [0.4, 0.5) is 0 Å². The second-order valence-corrected chi connectivity index (χ2v) is 6.48. The Kier molecular flexibility index (Phi) is 5.41. The molecule has 0 aromatic heterocycles. The van der Waals surface area contributed by atoms with E-state index >= 15 is 0 Å². The smallest absolute Gasteiger partial charge is 0.207 e. The molecule has 0 radical (unpaired) electrons. The van der Waals surface area contributed by atoms with E-state index in [0.29, 0.717) is 11.1 Å². The second-order valence-electron chi connectivity index (χ2n) is 6.48. The molecule has 6 nitrogen and oxygen atoms in total. The Labute approximate surface area is 152 Å². The van der Waals surface area contributed by atoms with Crippen LogP contribution < -0.4 is 0 Å². The molecule has 0 spiro atoms. The predicted molar refractivity (Wildman–Crippen MR) is 99.4 cm³/mol. The molecular weight excluding hydrogens is 332 g/mol. The number of aromatic hydroxyl groups is 4. The van der Waals surface area contributed by atoms with Gasteiger partial charge < -0.3 is 20.4 Å². The maximum atomic E-state index is 10.1. The number of benzene rings is 2. The van der Waals surface area contributed by atoms with Crippen molar-refractivity contribution in [1.29, 1.82) is 0 Å². The zero-order valence-corrected chi connectivity index (χ0v) is 14.4. The third kappa shape index (κ3) is 3.96. The van der Waals surface area contributed by atoms with Crippen molar-refractivity contribution < 1.29 is 25.1 Å². The number of hydrazone groups is 1. The topological polar surface area (TPSA) is 96.3 Å². The van der Waals surface area contributed by atoms with Gasteiger partial charge >= 0.3 is 0 Å². The van der Waals surface area contributed by atoms with E-state index in [1.54, 1.807) is 35.2 Å². The Morgan fingerprint density at radius 1 is 0.808 bits per heavy atom. The zero-order chi connectivity index (χ0) is 18.5. The molecule has 0 bridgehead atoms. The molecule has 0 amide bonds. The average molecular weight is 355 g/mol. The summed E-state index contributed by atoms with van der Waals surface area (Å²) >= 11 is 0. The highest BCUT2D eigenvalue weighted by Gasteiger charge is 2.25. The second kappa shape index (κ2) is 7.91. The molecule has 0 heterocycles. The number of rotatable bonds is 4. The van der Waals surface area contributed by atoms with Crippen LogP contribution in [0.3, 0.4) is 0 Å². The minimum Gasteiger partial charge on any atom is -0.504 e. The van der Waals surface area contributed by atoms with Gasteiger partial charge in [-0.2, -0.15) is 0 Å². The van der Waals surface area contributed by atoms with Crippen LogP contribution in [0.15, 0.2) is 41.5 Å². The number of hydrogen-bond donors (Lipinski definition) is 4. The summed E-state index contributed by atoms with van der Waals surface area (Å²) in [6.07, 6.45) is 8.53. The number of nitrogens with zero attached hydrogens (tertiary/aromatic N) is 2. The van der Waals surface area contributed by atoms with Gasteiger partial charge in [0.25, 0.3) is 0 Å². The molecule has 2 aromatic rings. The molecule has 1 aliphatic carbocycles. The Morgan fingerprint density at radius 2 is 1.38 bits per heavy atom. The lowest BCUT2D eigenvalue weighted by atomic mass is 9.95. The number of para-hydroxylation sites is 2. The molecule has 1 saturated carbocycles. The van der Waals surface area contributed by atoms with Crippen molar-refractivity contribution in [2.24, 2.45) is 5.10 Å². The van der Waals surface area contributed by atoms with Gasteiger partial charge in [-0.15, -0.1) is 0 Å². The van der Waals surface area contributed by atoms with E-state index in [2.05, 4.69) is 5.10 Å². The van der Waals surface area contributed by atoms with Gasteiger partial charge in [0.2, 0.25) is 6.21 Å². The van der Waals surface area contributed by atoms with Crippen molar-refractivity contribution in [2.45, 2.75) is 38.1 Å². The molecule has 4 N–H and O–H groups in total. The van der Waals surface area contributed by atoms with Gasteiger partial charge in [-0.25, -0.2) is 0 Å². The minimum atomic E-state index is -0.222. The van der Waals surface area contributed by atoms with E-state index in [-0.39, 0.29) is 29.0 Å². The van der Waals surface area contributed by atoms with Crippen molar-refractivity contribution in [1.82, 2.24) is 0 Å². The Balaban J connectivity index is 1.98. The lowest BCUT2D eigenvalue weighted by Crippen LogP contribution is -2.26. The fraction of sp³-hybridized carbons (Fsp3) is 0.300. The minimum absolute atomic E-state index is 0.168. The van der Waals surface area contributed by atoms with Crippen LogP contribution in [0, 0.1) is 0 Å². The molecule has 0 saturated heterocycles. The Morgan fingerprint density at radius 3 is 2.04 bits per heavy atom. The summed E-state index contributed by atoms with van der Waals surface area (Å²) in [6, 6.07) is 9.64. The molecule has 1 aliphatic rings. The Hall–Kier alpha value is -3.02. The van der Waals surface area contributed by atoms with Crippen molar-refractivity contribution in [3.8, 4) is 23.0 Å². The van der Waals surface area contributed by atoms with Gasteiger partial charge in [-0.3, -0.25) is 0 Å². The largest absolute Gasteiger partial charge is 0.504 e. The first kappa shape index (κ1) is 17.8. The quantitative estimate of drug-likeness (QED) is 0.293. The summed E-state index contributed by atoms with van der Waals surface area (Å²) in [5.74, 6) is -0.798. The summed E-state index contributed by atoms with van der Waals surface area (Å²) in [7, 11) is 0. The fourth-order valence-corrected chi connectivity index (χ4v) is 3.16. The fourth-order valence-electron chi connectivity index (χ4n) is 3.16. The van der Waals surface area contributed by atoms with E-state index in [1.165, 1.54) is 24.8 Å². The van der Waals surface area contributed by atoms with Gasteiger partial charge in [0.1, 0.15) is 6.21 Å². The summed E-state index contributed by atoms with van der Waals surface area (Å²) in [5, 5.41) is 43.8. The van der Waals surface area contributed by atoms with Crippen LogP contribution in [0.5, 0.6) is 23.0 Å². The molecule has 3 rings (SSSR count). The molecular formula is C20H23N2O4+. The third-order valence-corrected chi connectivity index (χ3v) is 4.64. The summed E-state index contributed by atoms with van der Waals surface area (Å²) < 4.78 is 1.76. The highest BCUT2D eigenvalue weighted by molar-refractivity contribution is 5.85. The lowest BCUT2D eigenvalue weighted by Gasteiger charge is -2.16. The number of hydrogen-bond acceptors (Lipinski definition) is 5. The Bertz CT molecular complexity index is 840. The van der Waals surface area contributed by atoms with E-state index in [9.17, 15) is 20.4 Å². The van der Waals surface area contributed by atoms with E-state index in [0.717, 1.165) is 25.7 Å². The van der Waals surface area contributed by atoms with Gasteiger partial charge in [0, 0.05) is 18.4 Å². The van der Waals surface area contributed by atoms with E-state index in [4.69, 9.17) is 0 Å². The van der Waals surface area contributed by atoms with Crippen LogP contribution in [0.2, 0.25) is 0 Å². The highest BCUT2D eigenvalue weighted by atomic mass is 16.3. The first-order valence-corrected chi connectivity index (χ1v) is 8.75. The average Bonchev–Trinajstić information content (AvgIpc) is 2.66. The normalized spacial score (nSPS) is 16.2. The van der Waals surface area contributed by atoms with Gasteiger partial charge in [0.15, 0.2) is 29.0 Å². The standard InChI is InChI=1S/C20H22N2O4/c23-17-10-4-6-14(19(17)25)12-21-22(16-8-2-1-3-9-16)13-15-7-5-11-18(24)20(15)26/h4-7,10-13,16H,1-3,8-9H2,(H3,21,23,24,25)/p+1. The van der Waals surface area contributed by atoms with Crippen LogP contribution >= 0.6 is 0 Å². The lowest BCUT2D eigenvalue weighted by molar-refractivity contribution is -0.570. The van der Waals surface area contributed by atoms with Gasteiger partial charge in [-0.1, -0.05) is 23.2 Å². The van der Waals surface area contributed by atoms with Crippen LogP contribution in [-0.4, -0.2) is 43.6 Å². The molecule has 0 atom stereocenters. The van der Waals surface area contributed by atoms with Crippen molar-refractivity contribution in [2.75, 3.05) is 0 Å². The molecule has 136 valence electrons. The van der Waals surface area contributed by atoms with E-state index < -0.39 is 0 Å². The van der Waals surface area contributed by atoms with Gasteiger partial charge in [-0.05, 0) is 42.2 Å². The summed E-state index contributed by atoms with van der Waals surface area (Å²) in [4.78, 5) is 0. The van der Waals surface area contributed by atoms with E-state index in [1.807, 2.05) is 0 Å². The number of phenols is 4. The first-order chi connectivity index (χ1) is 12.6. The SMILES string of the molecule is Oc1cccc(C=N[N+](=Cc2cccc(O)c2O)C2CCCCC2)c1O. The molecule has 26 heavy (non-hydrogen) atoms. The maximum absolute atomic E-state index is 10.1. The summed E-state index contributed by atoms with van der Waals surface area (Å²) in [6.45, 7) is 0. The maximum Gasteiger partial charge on any atom is 0.207 e. The molecule has 6 heteroatoms. The monoisotopic (exact) mass is 355 g/mol. The molecule has 1 fully saturated rings. The van der Waals surface area contributed by atoms with Crippen LogP contribution in [0.25, 0.3) is 0 Å². The zero-order valence-electron chi connectivity index (χ0n) is 14.4. The molecule has 0 unspecified atom stereocenters. The van der Waals surface area contributed by atoms with Crippen LogP contribution in [-0.2, 0) is 0 Å².